The van der Waals surface area contributed by atoms with E-state index in [9.17, 15) is 4.79 Å². The standard InChI is InChI=1S/C16H23ClN2O.ClH/c1-11(13-5-3-7-15(17)9-13)16(20)19-8-4-6-14(10-19)12(2)18;/h3,5,7,9,11-12,14H,4,6,8,10,18H2,1-2H3;1H. The fraction of sp³-hybridized carbons (Fsp3) is 0.562. The van der Waals surface area contributed by atoms with Crippen LogP contribution in [0.1, 0.15) is 38.2 Å². The summed E-state index contributed by atoms with van der Waals surface area (Å²) in [7, 11) is 0. The molecule has 21 heavy (non-hydrogen) atoms. The van der Waals surface area contributed by atoms with Crippen LogP contribution in [-0.2, 0) is 4.79 Å². The van der Waals surface area contributed by atoms with Crippen molar-refractivity contribution in [2.45, 2.75) is 38.6 Å². The van der Waals surface area contributed by atoms with Crippen molar-refractivity contribution < 1.29 is 4.79 Å². The molecule has 0 spiro atoms. The number of carbonyl (C=O) groups is 1. The van der Waals surface area contributed by atoms with E-state index in [4.69, 9.17) is 17.3 Å². The highest BCUT2D eigenvalue weighted by molar-refractivity contribution is 6.30. The maximum absolute atomic E-state index is 12.6. The van der Waals surface area contributed by atoms with Gasteiger partial charge in [-0.05, 0) is 50.3 Å². The summed E-state index contributed by atoms with van der Waals surface area (Å²) in [4.78, 5) is 14.6. The molecule has 0 aliphatic carbocycles. The van der Waals surface area contributed by atoms with Crippen LogP contribution in [0.2, 0.25) is 5.02 Å². The van der Waals surface area contributed by atoms with Gasteiger partial charge in [-0.1, -0.05) is 23.7 Å². The maximum atomic E-state index is 12.6. The lowest BCUT2D eigenvalue weighted by Crippen LogP contribution is -2.46. The number of carbonyl (C=O) groups excluding carboxylic acids is 1. The van der Waals surface area contributed by atoms with E-state index in [-0.39, 0.29) is 30.3 Å². The van der Waals surface area contributed by atoms with Crippen molar-refractivity contribution in [2.24, 2.45) is 11.7 Å². The Balaban J connectivity index is 0.00000220. The van der Waals surface area contributed by atoms with E-state index in [0.717, 1.165) is 31.5 Å². The fourth-order valence-corrected chi connectivity index (χ4v) is 3.03. The summed E-state index contributed by atoms with van der Waals surface area (Å²) < 4.78 is 0. The van der Waals surface area contributed by atoms with Crippen LogP contribution in [-0.4, -0.2) is 29.9 Å². The molecule has 1 aliphatic heterocycles. The maximum Gasteiger partial charge on any atom is 0.229 e. The largest absolute Gasteiger partial charge is 0.342 e. The minimum absolute atomic E-state index is 0. The average Bonchev–Trinajstić information content (AvgIpc) is 2.45. The molecule has 0 radical (unpaired) electrons. The van der Waals surface area contributed by atoms with Gasteiger partial charge in [-0.2, -0.15) is 0 Å². The van der Waals surface area contributed by atoms with Crippen LogP contribution in [0.15, 0.2) is 24.3 Å². The number of nitrogens with two attached hydrogens (primary N) is 1. The second kappa shape index (κ2) is 8.02. The Morgan fingerprint density at radius 1 is 1.43 bits per heavy atom. The van der Waals surface area contributed by atoms with Crippen molar-refractivity contribution >= 4 is 29.9 Å². The molecule has 3 atom stereocenters. The molecule has 1 aromatic rings. The van der Waals surface area contributed by atoms with Crippen LogP contribution in [0.4, 0.5) is 0 Å². The van der Waals surface area contributed by atoms with Crippen molar-refractivity contribution in [3.63, 3.8) is 0 Å². The van der Waals surface area contributed by atoms with Crippen molar-refractivity contribution in [2.75, 3.05) is 13.1 Å². The van der Waals surface area contributed by atoms with E-state index < -0.39 is 0 Å². The summed E-state index contributed by atoms with van der Waals surface area (Å²) in [6, 6.07) is 7.70. The third kappa shape index (κ3) is 4.60. The van der Waals surface area contributed by atoms with Gasteiger partial charge in [0.2, 0.25) is 5.91 Å². The molecule has 1 amide bonds. The fourth-order valence-electron chi connectivity index (χ4n) is 2.83. The molecule has 2 rings (SSSR count). The zero-order chi connectivity index (χ0) is 14.7. The first-order valence-electron chi connectivity index (χ1n) is 7.29. The number of hydrogen-bond acceptors (Lipinski definition) is 2. The number of hydrogen-bond donors (Lipinski definition) is 1. The minimum atomic E-state index is -0.152. The van der Waals surface area contributed by atoms with E-state index in [0.29, 0.717) is 10.9 Å². The predicted octanol–water partition coefficient (Wildman–Crippen LogP) is 3.45. The first-order chi connectivity index (χ1) is 9.49. The van der Waals surface area contributed by atoms with Crippen molar-refractivity contribution in [1.29, 1.82) is 0 Å². The van der Waals surface area contributed by atoms with Gasteiger partial charge in [-0.25, -0.2) is 0 Å². The molecule has 0 bridgehead atoms. The van der Waals surface area contributed by atoms with E-state index in [1.165, 1.54) is 0 Å². The topological polar surface area (TPSA) is 46.3 Å². The van der Waals surface area contributed by atoms with Crippen LogP contribution in [0, 0.1) is 5.92 Å². The van der Waals surface area contributed by atoms with Gasteiger partial charge in [-0.15, -0.1) is 12.4 Å². The molecule has 1 aromatic carbocycles. The number of rotatable bonds is 3. The lowest BCUT2D eigenvalue weighted by atomic mass is 9.90. The first-order valence-corrected chi connectivity index (χ1v) is 7.66. The van der Waals surface area contributed by atoms with Gasteiger partial charge in [0.05, 0.1) is 5.92 Å². The highest BCUT2D eigenvalue weighted by Gasteiger charge is 2.28. The van der Waals surface area contributed by atoms with Crippen LogP contribution in [0.5, 0.6) is 0 Å². The number of amides is 1. The quantitative estimate of drug-likeness (QED) is 0.922. The van der Waals surface area contributed by atoms with E-state index >= 15 is 0 Å². The average molecular weight is 331 g/mol. The van der Waals surface area contributed by atoms with Crippen molar-refractivity contribution in [3.8, 4) is 0 Å². The van der Waals surface area contributed by atoms with Gasteiger partial charge in [0.1, 0.15) is 0 Å². The molecule has 1 fully saturated rings. The van der Waals surface area contributed by atoms with Gasteiger partial charge >= 0.3 is 0 Å². The summed E-state index contributed by atoms with van der Waals surface area (Å²) in [5.74, 6) is 0.442. The number of halogens is 2. The monoisotopic (exact) mass is 330 g/mol. The smallest absolute Gasteiger partial charge is 0.229 e. The van der Waals surface area contributed by atoms with Crippen molar-refractivity contribution in [1.82, 2.24) is 4.90 Å². The summed E-state index contributed by atoms with van der Waals surface area (Å²) in [6.07, 6.45) is 2.16. The Hall–Kier alpha value is -0.770. The summed E-state index contributed by atoms with van der Waals surface area (Å²) in [5.41, 5.74) is 6.96. The number of piperidine rings is 1. The molecule has 3 unspecified atom stereocenters. The van der Waals surface area contributed by atoms with Gasteiger partial charge in [0, 0.05) is 24.2 Å². The SMILES string of the molecule is CC(C(=O)N1CCCC(C(C)N)C1)c1cccc(Cl)c1.Cl. The van der Waals surface area contributed by atoms with Gasteiger partial charge < -0.3 is 10.6 Å². The molecule has 1 saturated heterocycles. The number of likely N-dealkylation sites (tertiary alicyclic amines) is 1. The predicted molar refractivity (Wildman–Crippen MR) is 90.1 cm³/mol. The lowest BCUT2D eigenvalue weighted by molar-refractivity contribution is -0.134. The Bertz CT molecular complexity index is 479. The molecule has 3 nitrogen and oxygen atoms in total. The van der Waals surface area contributed by atoms with Crippen LogP contribution >= 0.6 is 24.0 Å². The highest BCUT2D eigenvalue weighted by atomic mass is 35.5. The molecular weight excluding hydrogens is 307 g/mol. The van der Waals surface area contributed by atoms with Gasteiger partial charge in [0.25, 0.3) is 0 Å². The minimum Gasteiger partial charge on any atom is -0.342 e. The van der Waals surface area contributed by atoms with E-state index in [2.05, 4.69) is 0 Å². The summed E-state index contributed by atoms with van der Waals surface area (Å²) in [6.45, 7) is 5.59. The second-order valence-corrected chi connectivity index (χ2v) is 6.26. The number of benzene rings is 1. The highest BCUT2D eigenvalue weighted by Crippen LogP contribution is 2.25. The molecule has 2 N–H and O–H groups in total. The van der Waals surface area contributed by atoms with Crippen LogP contribution < -0.4 is 5.73 Å². The molecule has 1 heterocycles. The van der Waals surface area contributed by atoms with Crippen LogP contribution in [0.3, 0.4) is 0 Å². The lowest BCUT2D eigenvalue weighted by Gasteiger charge is -2.36. The molecule has 1 aliphatic rings. The zero-order valence-electron chi connectivity index (χ0n) is 12.6. The summed E-state index contributed by atoms with van der Waals surface area (Å²) >= 11 is 6.00. The molecule has 5 heteroatoms. The summed E-state index contributed by atoms with van der Waals surface area (Å²) in [5, 5.41) is 0.675. The van der Waals surface area contributed by atoms with E-state index in [1.807, 2.05) is 43.0 Å². The van der Waals surface area contributed by atoms with Gasteiger partial charge in [0.15, 0.2) is 0 Å². The Kier molecular flexibility index (Phi) is 6.98. The third-order valence-electron chi connectivity index (χ3n) is 4.23. The molecule has 118 valence electrons. The van der Waals surface area contributed by atoms with Crippen molar-refractivity contribution in [3.05, 3.63) is 34.9 Å². The third-order valence-corrected chi connectivity index (χ3v) is 4.47. The number of nitrogens with zero attached hydrogens (tertiary/aromatic N) is 1. The Labute approximate surface area is 138 Å². The normalized spacial score (nSPS) is 21.3. The first kappa shape index (κ1) is 18.3. The molecular formula is C16H24Cl2N2O. The Morgan fingerprint density at radius 3 is 2.76 bits per heavy atom. The van der Waals surface area contributed by atoms with E-state index in [1.54, 1.807) is 0 Å². The van der Waals surface area contributed by atoms with Gasteiger partial charge in [-0.3, -0.25) is 4.79 Å². The Morgan fingerprint density at radius 2 is 2.14 bits per heavy atom. The zero-order valence-corrected chi connectivity index (χ0v) is 14.2. The molecule has 0 saturated carbocycles. The second-order valence-electron chi connectivity index (χ2n) is 5.82. The molecule has 0 aromatic heterocycles. The van der Waals surface area contributed by atoms with Crippen LogP contribution in [0.25, 0.3) is 0 Å².